The number of carbonyl (C=O) groups excluding carboxylic acids is 2. The van der Waals surface area contributed by atoms with Gasteiger partial charge in [-0.05, 0) is 49.4 Å². The van der Waals surface area contributed by atoms with Crippen molar-refractivity contribution in [2.45, 2.75) is 6.92 Å². The molecule has 0 bridgehead atoms. The SMILES string of the molecule is CC(=O)c1ccc(C(=O)N(/N=C/c2coc3ccccc3c2=O)c2nc3ccc(Br)cc3s2)cc1. The molecule has 2 heterocycles. The van der Waals surface area contributed by atoms with Crippen molar-refractivity contribution in [3.05, 3.63) is 104 Å². The maximum atomic E-state index is 13.5. The normalized spacial score (nSPS) is 11.4. The van der Waals surface area contributed by atoms with Crippen molar-refractivity contribution in [2.24, 2.45) is 5.10 Å². The number of ketones is 1. The van der Waals surface area contributed by atoms with Gasteiger partial charge in [-0.3, -0.25) is 14.4 Å². The Bertz CT molecular complexity index is 1690. The van der Waals surface area contributed by atoms with Crippen molar-refractivity contribution in [2.75, 3.05) is 5.01 Å². The number of rotatable bonds is 5. The molecule has 0 fully saturated rings. The van der Waals surface area contributed by atoms with Crippen molar-refractivity contribution in [1.82, 2.24) is 4.98 Å². The molecule has 0 aliphatic rings. The first kappa shape index (κ1) is 22.8. The Morgan fingerprint density at radius 2 is 1.80 bits per heavy atom. The minimum atomic E-state index is -0.459. The number of hydrogen-bond donors (Lipinski definition) is 0. The molecule has 0 atom stereocenters. The van der Waals surface area contributed by atoms with Crippen molar-refractivity contribution >= 4 is 71.5 Å². The third-order valence-corrected chi connectivity index (χ3v) is 6.76. The molecule has 5 rings (SSSR count). The van der Waals surface area contributed by atoms with Gasteiger partial charge in [0.2, 0.25) is 10.6 Å². The van der Waals surface area contributed by atoms with Gasteiger partial charge < -0.3 is 4.42 Å². The Morgan fingerprint density at radius 1 is 1.06 bits per heavy atom. The molecule has 0 aliphatic carbocycles. The number of thiazole rings is 1. The van der Waals surface area contributed by atoms with Crippen LogP contribution in [-0.2, 0) is 0 Å². The Hall–Kier alpha value is -3.95. The Balaban J connectivity index is 1.58. The predicted octanol–water partition coefficient (Wildman–Crippen LogP) is 6.05. The summed E-state index contributed by atoms with van der Waals surface area (Å²) in [6, 6.07) is 18.8. The van der Waals surface area contributed by atoms with E-state index in [9.17, 15) is 14.4 Å². The smallest absolute Gasteiger partial charge is 0.280 e. The maximum Gasteiger partial charge on any atom is 0.280 e. The minimum Gasteiger partial charge on any atom is -0.463 e. The minimum absolute atomic E-state index is 0.0985. The van der Waals surface area contributed by atoms with Gasteiger partial charge in [-0.1, -0.05) is 51.5 Å². The van der Waals surface area contributed by atoms with Gasteiger partial charge in [-0.2, -0.15) is 10.1 Å². The summed E-state index contributed by atoms with van der Waals surface area (Å²) in [4.78, 5) is 42.6. The van der Waals surface area contributed by atoms with Crippen LogP contribution in [0.25, 0.3) is 21.2 Å². The largest absolute Gasteiger partial charge is 0.463 e. The summed E-state index contributed by atoms with van der Waals surface area (Å²) < 4.78 is 7.30. The first-order valence-corrected chi connectivity index (χ1v) is 12.1. The number of halogens is 1. The molecule has 35 heavy (non-hydrogen) atoms. The monoisotopic (exact) mass is 545 g/mol. The highest BCUT2D eigenvalue weighted by atomic mass is 79.9. The number of hydrogen-bond acceptors (Lipinski definition) is 7. The standard InChI is InChI=1S/C26H16BrN3O4S/c1-15(31)16-6-8-17(9-7-16)25(33)30(26-29-21-11-10-19(27)12-23(21)35-26)28-13-18-14-34-22-5-3-2-4-20(22)24(18)32/h2-14H,1H3/b28-13+. The fourth-order valence-electron chi connectivity index (χ4n) is 3.44. The molecule has 0 aliphatic heterocycles. The molecule has 172 valence electrons. The van der Waals surface area contributed by atoms with Crippen LogP contribution in [0.5, 0.6) is 0 Å². The average Bonchev–Trinajstić information content (AvgIpc) is 3.28. The van der Waals surface area contributed by atoms with E-state index in [4.69, 9.17) is 4.42 Å². The number of hydrazone groups is 1. The van der Waals surface area contributed by atoms with Crippen molar-refractivity contribution in [1.29, 1.82) is 0 Å². The maximum absolute atomic E-state index is 13.5. The van der Waals surface area contributed by atoms with Crippen LogP contribution in [0.2, 0.25) is 0 Å². The predicted molar refractivity (Wildman–Crippen MR) is 141 cm³/mol. The molecule has 0 unspecified atom stereocenters. The average molecular weight is 546 g/mol. The van der Waals surface area contributed by atoms with Gasteiger partial charge in [0.15, 0.2) is 5.78 Å². The molecule has 0 saturated heterocycles. The van der Waals surface area contributed by atoms with E-state index in [2.05, 4.69) is 26.0 Å². The van der Waals surface area contributed by atoms with E-state index in [-0.39, 0.29) is 16.8 Å². The third kappa shape index (κ3) is 4.55. The number of amides is 1. The van der Waals surface area contributed by atoms with Crippen LogP contribution in [0.15, 0.2) is 91.8 Å². The molecule has 0 radical (unpaired) electrons. The molecule has 5 aromatic rings. The van der Waals surface area contributed by atoms with Gasteiger partial charge >= 0.3 is 0 Å². The lowest BCUT2D eigenvalue weighted by Crippen LogP contribution is -2.26. The molecule has 9 heteroatoms. The first-order valence-electron chi connectivity index (χ1n) is 10.5. The highest BCUT2D eigenvalue weighted by molar-refractivity contribution is 9.10. The number of nitrogens with zero attached hydrogens (tertiary/aromatic N) is 3. The van der Waals surface area contributed by atoms with Gasteiger partial charge in [0.25, 0.3) is 5.91 Å². The Labute approximate surface area is 211 Å². The van der Waals surface area contributed by atoms with Crippen LogP contribution < -0.4 is 10.4 Å². The van der Waals surface area contributed by atoms with E-state index in [1.165, 1.54) is 30.7 Å². The second kappa shape index (κ2) is 9.36. The van der Waals surface area contributed by atoms with Gasteiger partial charge in [-0.15, -0.1) is 0 Å². The highest BCUT2D eigenvalue weighted by Crippen LogP contribution is 2.32. The fraction of sp³-hybridized carbons (Fsp3) is 0.0385. The number of carbonyl (C=O) groups is 2. The molecular formula is C26H16BrN3O4S. The number of fused-ring (bicyclic) bond motifs is 2. The van der Waals surface area contributed by atoms with Crippen molar-refractivity contribution in [3.8, 4) is 0 Å². The molecule has 7 nitrogen and oxygen atoms in total. The van der Waals surface area contributed by atoms with E-state index in [1.807, 2.05) is 18.2 Å². The zero-order valence-electron chi connectivity index (χ0n) is 18.3. The Kier molecular flexibility index (Phi) is 6.10. The zero-order chi connectivity index (χ0) is 24.5. The molecule has 0 spiro atoms. The molecule has 0 N–H and O–H groups in total. The Morgan fingerprint density at radius 3 is 2.57 bits per heavy atom. The topological polar surface area (TPSA) is 92.8 Å². The van der Waals surface area contributed by atoms with E-state index in [0.717, 1.165) is 14.2 Å². The summed E-state index contributed by atoms with van der Waals surface area (Å²) >= 11 is 4.73. The summed E-state index contributed by atoms with van der Waals surface area (Å²) in [6.07, 6.45) is 2.61. The number of aromatic nitrogens is 1. The van der Waals surface area contributed by atoms with Crippen LogP contribution >= 0.6 is 27.3 Å². The second-order valence-corrected chi connectivity index (χ2v) is 9.54. The lowest BCUT2D eigenvalue weighted by Gasteiger charge is -2.14. The van der Waals surface area contributed by atoms with Gasteiger partial charge in [-0.25, -0.2) is 4.98 Å². The number of Topliss-reactive ketones (excluding diaryl/α,β-unsaturated/α-hetero) is 1. The first-order chi connectivity index (χ1) is 16.9. The zero-order valence-corrected chi connectivity index (χ0v) is 20.7. The van der Waals surface area contributed by atoms with E-state index < -0.39 is 5.91 Å². The second-order valence-electron chi connectivity index (χ2n) is 7.62. The van der Waals surface area contributed by atoms with Crippen LogP contribution in [0, 0.1) is 0 Å². The summed E-state index contributed by atoms with van der Waals surface area (Å²) in [7, 11) is 0. The van der Waals surface area contributed by atoms with E-state index >= 15 is 0 Å². The van der Waals surface area contributed by atoms with Crippen LogP contribution in [-0.4, -0.2) is 22.9 Å². The molecule has 3 aromatic carbocycles. The van der Waals surface area contributed by atoms with E-state index in [1.54, 1.807) is 48.5 Å². The summed E-state index contributed by atoms with van der Waals surface area (Å²) in [6.45, 7) is 1.46. The number of para-hydroxylation sites is 1. The molecule has 1 amide bonds. The van der Waals surface area contributed by atoms with Gasteiger partial charge in [0.1, 0.15) is 11.8 Å². The summed E-state index contributed by atoms with van der Waals surface area (Å²) in [5, 5.41) is 6.25. The molecular weight excluding hydrogens is 530 g/mol. The van der Waals surface area contributed by atoms with Gasteiger partial charge in [0, 0.05) is 15.6 Å². The van der Waals surface area contributed by atoms with Gasteiger partial charge in [0.05, 0.1) is 27.4 Å². The van der Waals surface area contributed by atoms with Crippen LogP contribution in [0.1, 0.15) is 33.2 Å². The van der Waals surface area contributed by atoms with Crippen molar-refractivity contribution in [3.63, 3.8) is 0 Å². The molecule has 0 saturated carbocycles. The lowest BCUT2D eigenvalue weighted by molar-refractivity contribution is 0.0983. The molecule has 2 aromatic heterocycles. The van der Waals surface area contributed by atoms with E-state index in [0.29, 0.717) is 32.7 Å². The van der Waals surface area contributed by atoms with Crippen LogP contribution in [0.3, 0.4) is 0 Å². The van der Waals surface area contributed by atoms with Crippen molar-refractivity contribution < 1.29 is 14.0 Å². The third-order valence-electron chi connectivity index (χ3n) is 5.27. The number of anilines is 1. The highest BCUT2D eigenvalue weighted by Gasteiger charge is 2.22. The summed E-state index contributed by atoms with van der Waals surface area (Å²) in [5.74, 6) is -0.557. The summed E-state index contributed by atoms with van der Waals surface area (Å²) in [5.41, 5.74) is 1.91. The fourth-order valence-corrected chi connectivity index (χ4v) is 4.91. The quantitative estimate of drug-likeness (QED) is 0.152. The lowest BCUT2D eigenvalue weighted by atomic mass is 10.1. The number of benzene rings is 3. The van der Waals surface area contributed by atoms with Crippen LogP contribution in [0.4, 0.5) is 5.13 Å².